The molecule has 2 aromatic rings. The number of ether oxygens (including phenoxy) is 1. The Balaban J connectivity index is 1.70. The van der Waals surface area contributed by atoms with Gasteiger partial charge in [0.15, 0.2) is 0 Å². The molecule has 0 radical (unpaired) electrons. The largest absolute Gasteiger partial charge is 0.368 e. The third kappa shape index (κ3) is 4.17. The molecule has 1 fully saturated rings. The molecule has 1 aliphatic heterocycles. The molecule has 1 aliphatic rings. The number of nitrogens with one attached hydrogen (secondary N) is 2. The van der Waals surface area contributed by atoms with E-state index in [4.69, 9.17) is 4.74 Å². The zero-order valence-electron chi connectivity index (χ0n) is 15.0. The molecule has 1 aromatic carbocycles. The van der Waals surface area contributed by atoms with Gasteiger partial charge in [0.05, 0.1) is 11.9 Å². The SMILES string of the molecule is Cc1cccc(C(C)C)c1Nc1ccc(NC(=O)C2CCCO2)cn1. The van der Waals surface area contributed by atoms with Gasteiger partial charge in [-0.2, -0.15) is 0 Å². The fourth-order valence-corrected chi connectivity index (χ4v) is 3.02. The van der Waals surface area contributed by atoms with Crippen molar-refractivity contribution < 1.29 is 9.53 Å². The highest BCUT2D eigenvalue weighted by Gasteiger charge is 2.23. The second kappa shape index (κ2) is 7.66. The molecule has 1 aromatic heterocycles. The molecule has 2 heterocycles. The highest BCUT2D eigenvalue weighted by molar-refractivity contribution is 5.94. The van der Waals surface area contributed by atoms with Gasteiger partial charge in [0.1, 0.15) is 11.9 Å². The molecule has 0 aliphatic carbocycles. The first-order valence-corrected chi connectivity index (χ1v) is 8.79. The summed E-state index contributed by atoms with van der Waals surface area (Å²) in [4.78, 5) is 16.5. The van der Waals surface area contributed by atoms with Crippen LogP contribution in [0.4, 0.5) is 17.2 Å². The summed E-state index contributed by atoms with van der Waals surface area (Å²) in [5, 5.41) is 6.27. The number of amides is 1. The summed E-state index contributed by atoms with van der Waals surface area (Å²) >= 11 is 0. The minimum atomic E-state index is -0.335. The summed E-state index contributed by atoms with van der Waals surface area (Å²) < 4.78 is 5.39. The Bertz CT molecular complexity index is 735. The van der Waals surface area contributed by atoms with Gasteiger partial charge in [-0.05, 0) is 48.9 Å². The summed E-state index contributed by atoms with van der Waals surface area (Å²) in [6.45, 7) is 7.10. The molecule has 0 saturated carbocycles. The van der Waals surface area contributed by atoms with E-state index in [1.54, 1.807) is 6.20 Å². The first kappa shape index (κ1) is 17.4. The van der Waals surface area contributed by atoms with Crippen LogP contribution in [0.2, 0.25) is 0 Å². The Morgan fingerprint density at radius 1 is 1.28 bits per heavy atom. The van der Waals surface area contributed by atoms with Crippen LogP contribution < -0.4 is 10.6 Å². The van der Waals surface area contributed by atoms with Gasteiger partial charge in [-0.25, -0.2) is 4.98 Å². The summed E-state index contributed by atoms with van der Waals surface area (Å²) in [6, 6.07) is 10.0. The van der Waals surface area contributed by atoms with Crippen LogP contribution in [0.5, 0.6) is 0 Å². The second-order valence-electron chi connectivity index (χ2n) is 6.74. The number of carbonyl (C=O) groups excluding carboxylic acids is 1. The maximum atomic E-state index is 12.1. The smallest absolute Gasteiger partial charge is 0.253 e. The lowest BCUT2D eigenvalue weighted by molar-refractivity contribution is -0.124. The molecule has 5 heteroatoms. The number of nitrogens with zero attached hydrogens (tertiary/aromatic N) is 1. The number of hydrogen-bond donors (Lipinski definition) is 2. The molecular formula is C20H25N3O2. The predicted octanol–water partition coefficient (Wildman–Crippen LogP) is 4.37. The van der Waals surface area contributed by atoms with Crippen molar-refractivity contribution in [1.29, 1.82) is 0 Å². The van der Waals surface area contributed by atoms with Gasteiger partial charge in [0, 0.05) is 12.3 Å². The maximum absolute atomic E-state index is 12.1. The van der Waals surface area contributed by atoms with Crippen molar-refractivity contribution in [1.82, 2.24) is 4.98 Å². The lowest BCUT2D eigenvalue weighted by atomic mass is 9.98. The van der Waals surface area contributed by atoms with Crippen LogP contribution >= 0.6 is 0 Å². The highest BCUT2D eigenvalue weighted by atomic mass is 16.5. The van der Waals surface area contributed by atoms with E-state index in [1.807, 2.05) is 12.1 Å². The Morgan fingerprint density at radius 2 is 2.12 bits per heavy atom. The lowest BCUT2D eigenvalue weighted by Crippen LogP contribution is -2.26. The molecule has 0 spiro atoms. The molecule has 132 valence electrons. The van der Waals surface area contributed by atoms with Crippen LogP contribution in [0.25, 0.3) is 0 Å². The summed E-state index contributed by atoms with van der Waals surface area (Å²) in [6.07, 6.45) is 3.05. The van der Waals surface area contributed by atoms with Gasteiger partial charge in [0.2, 0.25) is 0 Å². The number of benzene rings is 1. The van der Waals surface area contributed by atoms with E-state index >= 15 is 0 Å². The van der Waals surface area contributed by atoms with Gasteiger partial charge < -0.3 is 15.4 Å². The molecule has 2 N–H and O–H groups in total. The van der Waals surface area contributed by atoms with Gasteiger partial charge in [0.25, 0.3) is 5.91 Å². The van der Waals surface area contributed by atoms with Crippen LogP contribution in [0.1, 0.15) is 43.7 Å². The zero-order valence-corrected chi connectivity index (χ0v) is 15.0. The van der Waals surface area contributed by atoms with E-state index in [0.717, 1.165) is 24.3 Å². The Labute approximate surface area is 148 Å². The number of pyridine rings is 1. The van der Waals surface area contributed by atoms with Gasteiger partial charge in [-0.1, -0.05) is 32.0 Å². The van der Waals surface area contributed by atoms with Crippen LogP contribution in [0.15, 0.2) is 36.5 Å². The molecule has 5 nitrogen and oxygen atoms in total. The van der Waals surface area contributed by atoms with E-state index in [2.05, 4.69) is 54.6 Å². The summed E-state index contributed by atoms with van der Waals surface area (Å²) in [5.74, 6) is 1.08. The van der Waals surface area contributed by atoms with Crippen molar-refractivity contribution >= 4 is 23.1 Å². The predicted molar refractivity (Wildman–Crippen MR) is 100 cm³/mol. The third-order valence-corrected chi connectivity index (χ3v) is 4.43. The van der Waals surface area contributed by atoms with E-state index in [1.165, 1.54) is 11.1 Å². The molecule has 25 heavy (non-hydrogen) atoms. The normalized spacial score (nSPS) is 16.9. The number of aromatic nitrogens is 1. The standard InChI is InChI=1S/C20H25N3O2/c1-13(2)16-7-4-6-14(3)19(16)23-18-10-9-15(12-21-18)22-20(24)17-8-5-11-25-17/h4,6-7,9-10,12-13,17H,5,8,11H2,1-3H3,(H,21,23)(H,22,24). The molecular weight excluding hydrogens is 314 g/mol. The number of aryl methyl sites for hydroxylation is 1. The van der Waals surface area contributed by atoms with Gasteiger partial charge in [-0.3, -0.25) is 4.79 Å². The van der Waals surface area contributed by atoms with Crippen molar-refractivity contribution in [3.05, 3.63) is 47.7 Å². The number of anilines is 3. The molecule has 1 saturated heterocycles. The lowest BCUT2D eigenvalue weighted by Gasteiger charge is -2.17. The van der Waals surface area contributed by atoms with E-state index in [0.29, 0.717) is 18.2 Å². The minimum absolute atomic E-state index is 0.0963. The highest BCUT2D eigenvalue weighted by Crippen LogP contribution is 2.29. The summed E-state index contributed by atoms with van der Waals surface area (Å²) in [7, 11) is 0. The van der Waals surface area contributed by atoms with Crippen molar-refractivity contribution in [3.8, 4) is 0 Å². The molecule has 1 unspecified atom stereocenters. The van der Waals surface area contributed by atoms with Crippen molar-refractivity contribution in [2.24, 2.45) is 0 Å². The molecule has 3 rings (SSSR count). The quantitative estimate of drug-likeness (QED) is 0.849. The second-order valence-corrected chi connectivity index (χ2v) is 6.74. The van der Waals surface area contributed by atoms with Gasteiger partial charge in [-0.15, -0.1) is 0 Å². The van der Waals surface area contributed by atoms with Crippen LogP contribution in [-0.2, 0) is 9.53 Å². The monoisotopic (exact) mass is 339 g/mol. The van der Waals surface area contributed by atoms with Crippen LogP contribution in [0, 0.1) is 6.92 Å². The van der Waals surface area contributed by atoms with Crippen molar-refractivity contribution in [3.63, 3.8) is 0 Å². The first-order valence-electron chi connectivity index (χ1n) is 8.79. The van der Waals surface area contributed by atoms with Crippen LogP contribution in [-0.4, -0.2) is 23.6 Å². The average molecular weight is 339 g/mol. The third-order valence-electron chi connectivity index (χ3n) is 4.43. The van der Waals surface area contributed by atoms with E-state index in [9.17, 15) is 4.79 Å². The van der Waals surface area contributed by atoms with Gasteiger partial charge >= 0.3 is 0 Å². The number of hydrogen-bond acceptors (Lipinski definition) is 4. The molecule has 1 amide bonds. The zero-order chi connectivity index (χ0) is 17.8. The molecule has 0 bridgehead atoms. The van der Waals surface area contributed by atoms with Crippen LogP contribution in [0.3, 0.4) is 0 Å². The minimum Gasteiger partial charge on any atom is -0.368 e. The van der Waals surface area contributed by atoms with Crippen molar-refractivity contribution in [2.45, 2.75) is 45.6 Å². The Kier molecular flexibility index (Phi) is 5.34. The Hall–Kier alpha value is -2.40. The Morgan fingerprint density at radius 3 is 2.76 bits per heavy atom. The first-order chi connectivity index (χ1) is 12.0. The maximum Gasteiger partial charge on any atom is 0.253 e. The van der Waals surface area contributed by atoms with Crippen molar-refractivity contribution in [2.75, 3.05) is 17.2 Å². The number of para-hydroxylation sites is 1. The average Bonchev–Trinajstić information content (AvgIpc) is 3.13. The van der Waals surface area contributed by atoms with E-state index in [-0.39, 0.29) is 12.0 Å². The fraction of sp³-hybridized carbons (Fsp3) is 0.400. The summed E-state index contributed by atoms with van der Waals surface area (Å²) in [5.41, 5.74) is 4.22. The number of carbonyl (C=O) groups is 1. The number of rotatable bonds is 5. The fourth-order valence-electron chi connectivity index (χ4n) is 3.02. The topological polar surface area (TPSA) is 63.2 Å². The van der Waals surface area contributed by atoms with E-state index < -0.39 is 0 Å². The molecule has 1 atom stereocenters.